The van der Waals surface area contributed by atoms with Crippen LogP contribution in [0.15, 0.2) is 29.0 Å². The fourth-order valence-electron chi connectivity index (χ4n) is 3.42. The first kappa shape index (κ1) is 16.8. The summed E-state index contributed by atoms with van der Waals surface area (Å²) < 4.78 is 9.78. The maximum atomic E-state index is 11.9. The molecule has 1 amide bonds. The van der Waals surface area contributed by atoms with Gasteiger partial charge in [-0.25, -0.2) is 19.4 Å². The average molecular weight is 450 g/mol. The minimum atomic E-state index is -0.336. The molecular formula is C17H14BrClN6O2. The van der Waals surface area contributed by atoms with Crippen LogP contribution in [0, 0.1) is 0 Å². The third-order valence-corrected chi connectivity index (χ3v) is 5.62. The van der Waals surface area contributed by atoms with E-state index in [1.807, 2.05) is 29.7 Å². The van der Waals surface area contributed by atoms with E-state index in [1.165, 1.54) is 0 Å². The number of fused-ring (bicyclic) bond motifs is 5. The molecule has 0 N–H and O–H groups in total. The van der Waals surface area contributed by atoms with Gasteiger partial charge in [-0.1, -0.05) is 27.5 Å². The zero-order chi connectivity index (χ0) is 18.7. The van der Waals surface area contributed by atoms with E-state index in [2.05, 4.69) is 26.0 Å². The number of hydrogen-bond acceptors (Lipinski definition) is 5. The first-order chi connectivity index (χ1) is 13.0. The predicted molar refractivity (Wildman–Crippen MR) is 101 cm³/mol. The van der Waals surface area contributed by atoms with Crippen LogP contribution in [0.5, 0.6) is 0 Å². The summed E-state index contributed by atoms with van der Waals surface area (Å²) in [5.41, 5.74) is 2.68. The van der Waals surface area contributed by atoms with Gasteiger partial charge in [0.05, 0.1) is 30.5 Å². The highest BCUT2D eigenvalue weighted by Gasteiger charge is 2.32. The van der Waals surface area contributed by atoms with Crippen LogP contribution in [-0.2, 0) is 17.8 Å². The Morgan fingerprint density at radius 1 is 1.41 bits per heavy atom. The molecule has 138 valence electrons. The summed E-state index contributed by atoms with van der Waals surface area (Å²) in [4.78, 5) is 22.5. The standard InChI is InChI=1S/C17H14BrClN6O2/c1-9-7-27-17(26)23(9)6-14-21-16-11-4-10(18)2-3-12(11)24-8-20-15(19)13(24)5-25(16)22-14/h2-4,8-9H,5-7H2,1H3/t9-/m0/s1. The van der Waals surface area contributed by atoms with Gasteiger partial charge in [0.1, 0.15) is 12.9 Å². The molecule has 0 spiro atoms. The van der Waals surface area contributed by atoms with Gasteiger partial charge in [-0.15, -0.1) is 0 Å². The van der Waals surface area contributed by atoms with Crippen molar-refractivity contribution in [3.63, 3.8) is 0 Å². The third kappa shape index (κ3) is 2.64. The van der Waals surface area contributed by atoms with E-state index in [1.54, 1.807) is 15.9 Å². The van der Waals surface area contributed by atoms with Crippen molar-refractivity contribution in [2.75, 3.05) is 6.61 Å². The summed E-state index contributed by atoms with van der Waals surface area (Å²) >= 11 is 9.83. The second-order valence-electron chi connectivity index (χ2n) is 6.58. The topological polar surface area (TPSA) is 78.1 Å². The Balaban J connectivity index is 1.63. The van der Waals surface area contributed by atoms with Crippen molar-refractivity contribution in [1.29, 1.82) is 0 Å². The number of amides is 1. The molecule has 2 aliphatic heterocycles. The monoisotopic (exact) mass is 448 g/mol. The fourth-order valence-corrected chi connectivity index (χ4v) is 3.98. The first-order valence-electron chi connectivity index (χ1n) is 8.40. The molecule has 2 aliphatic rings. The Morgan fingerprint density at radius 3 is 3.04 bits per heavy atom. The molecule has 2 aromatic heterocycles. The third-order valence-electron chi connectivity index (χ3n) is 4.82. The lowest BCUT2D eigenvalue weighted by atomic mass is 10.1. The second kappa shape index (κ2) is 6.07. The molecule has 0 radical (unpaired) electrons. The zero-order valence-corrected chi connectivity index (χ0v) is 16.6. The fraction of sp³-hybridized carbons (Fsp3) is 0.294. The number of rotatable bonds is 2. The lowest BCUT2D eigenvalue weighted by molar-refractivity contribution is 0.155. The van der Waals surface area contributed by atoms with Gasteiger partial charge in [0, 0.05) is 10.0 Å². The summed E-state index contributed by atoms with van der Waals surface area (Å²) in [6, 6.07) is 5.95. The summed E-state index contributed by atoms with van der Waals surface area (Å²) in [5.74, 6) is 1.28. The van der Waals surface area contributed by atoms with Crippen LogP contribution in [0.2, 0.25) is 5.15 Å². The summed E-state index contributed by atoms with van der Waals surface area (Å²) in [5, 5.41) is 5.07. The van der Waals surface area contributed by atoms with Crippen LogP contribution in [0.25, 0.3) is 17.1 Å². The summed E-state index contributed by atoms with van der Waals surface area (Å²) in [6.45, 7) is 3.07. The Hall–Kier alpha value is -2.39. The van der Waals surface area contributed by atoms with E-state index in [4.69, 9.17) is 21.3 Å². The van der Waals surface area contributed by atoms with Crippen molar-refractivity contribution < 1.29 is 9.53 Å². The van der Waals surface area contributed by atoms with Gasteiger partial charge >= 0.3 is 6.09 Å². The Kier molecular flexibility index (Phi) is 3.76. The number of aromatic nitrogens is 5. The van der Waals surface area contributed by atoms with E-state index >= 15 is 0 Å². The number of cyclic esters (lactones) is 1. The van der Waals surface area contributed by atoms with Crippen LogP contribution in [0.4, 0.5) is 4.79 Å². The lowest BCUT2D eigenvalue weighted by Gasteiger charge is -2.15. The first-order valence-corrected chi connectivity index (χ1v) is 9.57. The van der Waals surface area contributed by atoms with E-state index in [0.717, 1.165) is 27.2 Å². The predicted octanol–water partition coefficient (Wildman–Crippen LogP) is 3.25. The molecule has 1 atom stereocenters. The summed E-state index contributed by atoms with van der Waals surface area (Å²) in [6.07, 6.45) is 1.37. The quantitative estimate of drug-likeness (QED) is 0.469. The minimum absolute atomic E-state index is 0.00175. The van der Waals surface area contributed by atoms with Gasteiger partial charge in [-0.3, -0.25) is 9.47 Å². The Labute approximate surface area is 167 Å². The molecule has 0 bridgehead atoms. The van der Waals surface area contributed by atoms with E-state index < -0.39 is 0 Å². The van der Waals surface area contributed by atoms with Crippen molar-refractivity contribution in [3.05, 3.63) is 45.7 Å². The maximum absolute atomic E-state index is 11.9. The Bertz CT molecular complexity index is 1080. The molecule has 0 saturated carbocycles. The van der Waals surface area contributed by atoms with Gasteiger partial charge < -0.3 is 4.74 Å². The number of halogens is 2. The van der Waals surface area contributed by atoms with Gasteiger partial charge in [-0.2, -0.15) is 5.10 Å². The molecule has 0 aliphatic carbocycles. The molecule has 1 saturated heterocycles. The van der Waals surface area contributed by atoms with Crippen LogP contribution in [-0.4, -0.2) is 48.0 Å². The zero-order valence-electron chi connectivity index (χ0n) is 14.3. The van der Waals surface area contributed by atoms with Crippen molar-refractivity contribution in [2.24, 2.45) is 0 Å². The number of carbonyl (C=O) groups is 1. The van der Waals surface area contributed by atoms with Gasteiger partial charge in [-0.05, 0) is 25.1 Å². The second-order valence-corrected chi connectivity index (χ2v) is 7.85. The number of benzene rings is 1. The van der Waals surface area contributed by atoms with Crippen molar-refractivity contribution >= 4 is 33.6 Å². The highest BCUT2D eigenvalue weighted by Crippen LogP contribution is 2.34. The SMILES string of the molecule is C[C@H]1COC(=O)N1Cc1nc2n(n1)Cc1c(Cl)ncn1-c1ccc(Br)cc1-2. The van der Waals surface area contributed by atoms with E-state index in [0.29, 0.717) is 30.7 Å². The molecule has 27 heavy (non-hydrogen) atoms. The molecule has 5 rings (SSSR count). The van der Waals surface area contributed by atoms with Crippen LogP contribution in [0.3, 0.4) is 0 Å². The largest absolute Gasteiger partial charge is 0.447 e. The maximum Gasteiger partial charge on any atom is 0.410 e. The van der Waals surface area contributed by atoms with Gasteiger partial charge in [0.2, 0.25) is 0 Å². The number of hydrogen-bond donors (Lipinski definition) is 0. The molecule has 10 heteroatoms. The highest BCUT2D eigenvalue weighted by molar-refractivity contribution is 9.10. The van der Waals surface area contributed by atoms with Crippen molar-refractivity contribution in [3.8, 4) is 17.1 Å². The van der Waals surface area contributed by atoms with Crippen molar-refractivity contribution in [2.45, 2.75) is 26.1 Å². The van der Waals surface area contributed by atoms with E-state index in [-0.39, 0.29) is 12.1 Å². The number of imidazole rings is 1. The van der Waals surface area contributed by atoms with E-state index in [9.17, 15) is 4.79 Å². The molecule has 1 aromatic carbocycles. The van der Waals surface area contributed by atoms with Crippen molar-refractivity contribution in [1.82, 2.24) is 29.2 Å². The molecule has 0 unspecified atom stereocenters. The molecule has 4 heterocycles. The normalized spacial score (nSPS) is 18.0. The van der Waals surface area contributed by atoms with Gasteiger partial charge in [0.25, 0.3) is 0 Å². The number of nitrogens with zero attached hydrogens (tertiary/aromatic N) is 6. The van der Waals surface area contributed by atoms with Crippen LogP contribution in [0.1, 0.15) is 18.4 Å². The van der Waals surface area contributed by atoms with Gasteiger partial charge in [0.15, 0.2) is 16.8 Å². The smallest absolute Gasteiger partial charge is 0.410 e. The Morgan fingerprint density at radius 2 is 2.26 bits per heavy atom. The summed E-state index contributed by atoms with van der Waals surface area (Å²) in [7, 11) is 0. The molecular weight excluding hydrogens is 436 g/mol. The molecule has 3 aromatic rings. The van der Waals surface area contributed by atoms with Crippen LogP contribution < -0.4 is 0 Å². The van der Waals surface area contributed by atoms with Crippen LogP contribution >= 0.6 is 27.5 Å². The molecule has 8 nitrogen and oxygen atoms in total. The molecule has 1 fully saturated rings. The average Bonchev–Trinajstić information content (AvgIpc) is 3.28. The number of ether oxygens (including phenoxy) is 1. The lowest BCUT2D eigenvalue weighted by Crippen LogP contribution is -2.31. The highest BCUT2D eigenvalue weighted by atomic mass is 79.9. The number of carbonyl (C=O) groups excluding carboxylic acids is 1. The minimum Gasteiger partial charge on any atom is -0.447 e.